The lowest BCUT2D eigenvalue weighted by Crippen LogP contribution is -2.55. The van der Waals surface area contributed by atoms with Gasteiger partial charge in [0, 0.05) is 26.2 Å². The van der Waals surface area contributed by atoms with Gasteiger partial charge in [-0.1, -0.05) is 30.3 Å². The largest absolute Gasteiger partial charge is 0.445 e. The Labute approximate surface area is 165 Å². The van der Waals surface area contributed by atoms with E-state index in [-0.39, 0.29) is 12.5 Å². The molecule has 0 aromatic heterocycles. The van der Waals surface area contributed by atoms with E-state index in [0.29, 0.717) is 26.2 Å². The minimum atomic E-state index is -0.702. The maximum Gasteiger partial charge on any atom is 0.410 e. The van der Waals surface area contributed by atoms with Crippen molar-refractivity contribution in [2.75, 3.05) is 26.2 Å². The lowest BCUT2D eigenvalue weighted by atomic mass is 10.2. The van der Waals surface area contributed by atoms with Crippen molar-refractivity contribution < 1.29 is 23.9 Å². The normalized spacial score (nSPS) is 15.6. The molecule has 0 bridgehead atoms. The molecule has 1 aromatic rings. The molecule has 8 heteroatoms. The van der Waals surface area contributed by atoms with Crippen molar-refractivity contribution in [2.45, 2.75) is 45.9 Å². The zero-order valence-electron chi connectivity index (χ0n) is 16.9. The predicted molar refractivity (Wildman–Crippen MR) is 104 cm³/mol. The van der Waals surface area contributed by atoms with Crippen LogP contribution in [0.5, 0.6) is 0 Å². The Morgan fingerprint density at radius 3 is 2.18 bits per heavy atom. The Balaban J connectivity index is 1.75. The van der Waals surface area contributed by atoms with Crippen LogP contribution in [0.4, 0.5) is 9.59 Å². The zero-order valence-corrected chi connectivity index (χ0v) is 16.9. The van der Waals surface area contributed by atoms with Crippen molar-refractivity contribution in [3.8, 4) is 0 Å². The quantitative estimate of drug-likeness (QED) is 0.851. The second-order valence-electron chi connectivity index (χ2n) is 7.72. The predicted octanol–water partition coefficient (Wildman–Crippen LogP) is 2.38. The molecule has 1 aliphatic heterocycles. The Bertz CT molecular complexity index is 679. The number of piperazine rings is 1. The Morgan fingerprint density at radius 2 is 1.61 bits per heavy atom. The number of alkyl carbamates (subject to hydrolysis) is 1. The van der Waals surface area contributed by atoms with Gasteiger partial charge < -0.3 is 24.6 Å². The van der Waals surface area contributed by atoms with E-state index in [0.717, 1.165) is 5.56 Å². The van der Waals surface area contributed by atoms with Crippen molar-refractivity contribution in [3.63, 3.8) is 0 Å². The molecule has 1 aromatic carbocycles. The van der Waals surface area contributed by atoms with Crippen molar-refractivity contribution in [2.24, 2.45) is 0 Å². The minimum absolute atomic E-state index is 0.205. The highest BCUT2D eigenvalue weighted by Crippen LogP contribution is 2.10. The highest BCUT2D eigenvalue weighted by atomic mass is 16.6. The molecule has 154 valence electrons. The molecule has 0 aliphatic carbocycles. The number of nitrogens with zero attached hydrogens (tertiary/aromatic N) is 2. The fraction of sp³-hybridized carbons (Fsp3) is 0.550. The number of hydrogen-bond donors (Lipinski definition) is 1. The van der Waals surface area contributed by atoms with E-state index in [4.69, 9.17) is 9.47 Å². The molecule has 0 unspecified atom stereocenters. The van der Waals surface area contributed by atoms with Crippen LogP contribution in [0.2, 0.25) is 0 Å². The molecule has 2 rings (SSSR count). The molecule has 1 aliphatic rings. The standard InChI is InChI=1S/C20H29N3O5/c1-15(21-18(25)28-20(2,3)4)17(24)22-10-12-23(13-11-22)19(26)27-14-16-8-6-5-7-9-16/h5-9,15H,10-14H2,1-4H3,(H,21,25)/t15-/m1/s1. The summed E-state index contributed by atoms with van der Waals surface area (Å²) < 4.78 is 10.5. The molecule has 3 amide bonds. The fourth-order valence-corrected chi connectivity index (χ4v) is 2.74. The summed E-state index contributed by atoms with van der Waals surface area (Å²) in [5, 5.41) is 2.55. The number of hydrogen-bond acceptors (Lipinski definition) is 5. The van der Waals surface area contributed by atoms with Crippen molar-refractivity contribution >= 4 is 18.1 Å². The summed E-state index contributed by atoms with van der Waals surface area (Å²) in [6, 6.07) is 8.76. The summed E-state index contributed by atoms with van der Waals surface area (Å²) in [6.07, 6.45) is -1.02. The van der Waals surface area contributed by atoms with Crippen molar-refractivity contribution in [3.05, 3.63) is 35.9 Å². The second kappa shape index (κ2) is 9.43. The Kier molecular flexibility index (Phi) is 7.25. The van der Waals surface area contributed by atoms with Crippen LogP contribution in [0.25, 0.3) is 0 Å². The van der Waals surface area contributed by atoms with Crippen LogP contribution in [-0.2, 0) is 20.9 Å². The number of rotatable bonds is 4. The first-order valence-electron chi connectivity index (χ1n) is 9.39. The van der Waals surface area contributed by atoms with Gasteiger partial charge in [0.05, 0.1) is 0 Å². The zero-order chi connectivity index (χ0) is 20.7. The van der Waals surface area contributed by atoms with Gasteiger partial charge in [-0.2, -0.15) is 0 Å². The van der Waals surface area contributed by atoms with Crippen LogP contribution in [0.15, 0.2) is 30.3 Å². The lowest BCUT2D eigenvalue weighted by Gasteiger charge is -2.35. The Morgan fingerprint density at radius 1 is 1.04 bits per heavy atom. The molecule has 1 atom stereocenters. The van der Waals surface area contributed by atoms with Crippen LogP contribution < -0.4 is 5.32 Å². The minimum Gasteiger partial charge on any atom is -0.445 e. The van der Waals surface area contributed by atoms with Crippen LogP contribution >= 0.6 is 0 Å². The van der Waals surface area contributed by atoms with Crippen LogP contribution in [-0.4, -0.2) is 65.7 Å². The molecule has 1 N–H and O–H groups in total. The van der Waals surface area contributed by atoms with Gasteiger partial charge in [0.25, 0.3) is 0 Å². The molecule has 28 heavy (non-hydrogen) atoms. The average Bonchev–Trinajstić information content (AvgIpc) is 2.64. The summed E-state index contributed by atoms with van der Waals surface area (Å²) in [7, 11) is 0. The lowest BCUT2D eigenvalue weighted by molar-refractivity contribution is -0.134. The van der Waals surface area contributed by atoms with Crippen LogP contribution in [0, 0.1) is 0 Å². The highest BCUT2D eigenvalue weighted by molar-refractivity contribution is 5.85. The third-order valence-corrected chi connectivity index (χ3v) is 4.16. The van der Waals surface area contributed by atoms with E-state index in [1.807, 2.05) is 30.3 Å². The monoisotopic (exact) mass is 391 g/mol. The number of ether oxygens (including phenoxy) is 2. The van der Waals surface area contributed by atoms with Gasteiger partial charge >= 0.3 is 12.2 Å². The summed E-state index contributed by atoms with van der Waals surface area (Å²) in [5.41, 5.74) is 0.296. The van der Waals surface area contributed by atoms with Crippen LogP contribution in [0.3, 0.4) is 0 Å². The molecular formula is C20H29N3O5. The molecule has 1 heterocycles. The third-order valence-electron chi connectivity index (χ3n) is 4.16. The van der Waals surface area contributed by atoms with E-state index >= 15 is 0 Å². The smallest absolute Gasteiger partial charge is 0.410 e. The maximum absolute atomic E-state index is 12.5. The maximum atomic E-state index is 12.5. The number of carbonyl (C=O) groups excluding carboxylic acids is 3. The first-order chi connectivity index (χ1) is 13.2. The van der Waals surface area contributed by atoms with Crippen LogP contribution in [0.1, 0.15) is 33.3 Å². The average molecular weight is 391 g/mol. The molecular weight excluding hydrogens is 362 g/mol. The number of benzene rings is 1. The number of nitrogens with one attached hydrogen (secondary N) is 1. The fourth-order valence-electron chi connectivity index (χ4n) is 2.74. The van der Waals surface area contributed by atoms with Gasteiger partial charge in [0.15, 0.2) is 0 Å². The van der Waals surface area contributed by atoms with Crippen molar-refractivity contribution in [1.82, 2.24) is 15.1 Å². The highest BCUT2D eigenvalue weighted by Gasteiger charge is 2.29. The van der Waals surface area contributed by atoms with Gasteiger partial charge in [-0.15, -0.1) is 0 Å². The summed E-state index contributed by atoms with van der Waals surface area (Å²) in [4.78, 5) is 39.7. The molecule has 0 spiro atoms. The van der Waals surface area contributed by atoms with E-state index in [9.17, 15) is 14.4 Å². The van der Waals surface area contributed by atoms with E-state index < -0.39 is 23.8 Å². The van der Waals surface area contributed by atoms with Crippen molar-refractivity contribution in [1.29, 1.82) is 0 Å². The Hall–Kier alpha value is -2.77. The second-order valence-corrected chi connectivity index (χ2v) is 7.72. The number of amides is 3. The molecule has 1 saturated heterocycles. The van der Waals surface area contributed by atoms with Gasteiger partial charge in [0.2, 0.25) is 5.91 Å². The third kappa shape index (κ3) is 6.75. The summed E-state index contributed by atoms with van der Waals surface area (Å²) in [6.45, 7) is 8.66. The first kappa shape index (κ1) is 21.5. The van der Waals surface area contributed by atoms with Gasteiger partial charge in [0.1, 0.15) is 18.2 Å². The topological polar surface area (TPSA) is 88.2 Å². The van der Waals surface area contributed by atoms with E-state index in [1.54, 1.807) is 37.5 Å². The summed E-state index contributed by atoms with van der Waals surface area (Å²) in [5.74, 6) is -0.205. The van der Waals surface area contributed by atoms with Gasteiger partial charge in [-0.3, -0.25) is 4.79 Å². The first-order valence-corrected chi connectivity index (χ1v) is 9.39. The van der Waals surface area contributed by atoms with E-state index in [1.165, 1.54) is 0 Å². The van der Waals surface area contributed by atoms with Gasteiger partial charge in [-0.25, -0.2) is 9.59 Å². The molecule has 8 nitrogen and oxygen atoms in total. The molecule has 0 radical (unpaired) electrons. The van der Waals surface area contributed by atoms with Gasteiger partial charge in [-0.05, 0) is 33.3 Å². The summed E-state index contributed by atoms with van der Waals surface area (Å²) >= 11 is 0. The van der Waals surface area contributed by atoms with E-state index in [2.05, 4.69) is 5.32 Å². The molecule has 1 fully saturated rings. The number of carbonyl (C=O) groups is 3. The molecule has 0 saturated carbocycles. The SMILES string of the molecule is C[C@@H](NC(=O)OC(C)(C)C)C(=O)N1CCN(C(=O)OCc2ccccc2)CC1.